The maximum atomic E-state index is 12.3. The summed E-state index contributed by atoms with van der Waals surface area (Å²) in [4.78, 5) is 23.1. The van der Waals surface area contributed by atoms with E-state index < -0.39 is 0 Å². The van der Waals surface area contributed by atoms with E-state index in [2.05, 4.69) is 66.9 Å². The van der Waals surface area contributed by atoms with Crippen molar-refractivity contribution in [2.45, 2.75) is 19.3 Å². The molecule has 0 saturated carbocycles. The molecular formula is C24H22N2O2. The van der Waals surface area contributed by atoms with Crippen molar-refractivity contribution in [3.05, 3.63) is 77.4 Å². The second kappa shape index (κ2) is 6.64. The van der Waals surface area contributed by atoms with Gasteiger partial charge in [0.25, 0.3) is 5.91 Å². The van der Waals surface area contributed by atoms with Crippen molar-refractivity contribution < 1.29 is 9.59 Å². The first kappa shape index (κ1) is 18.0. The van der Waals surface area contributed by atoms with E-state index in [0.717, 1.165) is 11.1 Å². The smallest absolute Gasteiger partial charge is 0.253 e. The SMILES string of the molecule is CNC(=O)c1cc(-c2ccc3c(c2)C(C)(C)c2ccccc2-3)ccc1NC=O. The molecule has 1 aliphatic rings. The summed E-state index contributed by atoms with van der Waals surface area (Å²) in [6, 6.07) is 20.5. The normalized spacial score (nSPS) is 13.4. The summed E-state index contributed by atoms with van der Waals surface area (Å²) in [7, 11) is 1.58. The number of benzene rings is 3. The Hall–Kier alpha value is -3.40. The van der Waals surface area contributed by atoms with Gasteiger partial charge in [0.15, 0.2) is 0 Å². The van der Waals surface area contributed by atoms with E-state index in [1.165, 1.54) is 22.3 Å². The van der Waals surface area contributed by atoms with Crippen molar-refractivity contribution >= 4 is 18.0 Å². The van der Waals surface area contributed by atoms with Crippen LogP contribution < -0.4 is 10.6 Å². The summed E-state index contributed by atoms with van der Waals surface area (Å²) in [5.74, 6) is -0.236. The second-order valence-electron chi connectivity index (χ2n) is 7.53. The number of anilines is 1. The lowest BCUT2D eigenvalue weighted by molar-refractivity contribution is -0.105. The molecule has 0 aliphatic heterocycles. The lowest BCUT2D eigenvalue weighted by atomic mass is 9.81. The van der Waals surface area contributed by atoms with Crippen LogP contribution >= 0.6 is 0 Å². The van der Waals surface area contributed by atoms with E-state index in [0.29, 0.717) is 17.7 Å². The zero-order chi connectivity index (χ0) is 19.9. The Kier molecular flexibility index (Phi) is 4.27. The Morgan fingerprint density at radius 3 is 2.32 bits per heavy atom. The minimum atomic E-state index is -0.236. The number of carbonyl (C=O) groups excluding carboxylic acids is 2. The first-order chi connectivity index (χ1) is 13.5. The molecule has 1 aliphatic carbocycles. The fourth-order valence-electron chi connectivity index (χ4n) is 4.12. The van der Waals surface area contributed by atoms with Gasteiger partial charge in [-0.3, -0.25) is 9.59 Å². The topological polar surface area (TPSA) is 58.2 Å². The van der Waals surface area contributed by atoms with E-state index >= 15 is 0 Å². The number of nitrogens with one attached hydrogen (secondary N) is 2. The summed E-state index contributed by atoms with van der Waals surface area (Å²) >= 11 is 0. The van der Waals surface area contributed by atoms with E-state index in [1.807, 2.05) is 12.1 Å². The summed E-state index contributed by atoms with van der Waals surface area (Å²) < 4.78 is 0. The van der Waals surface area contributed by atoms with Gasteiger partial charge >= 0.3 is 0 Å². The van der Waals surface area contributed by atoms with Crippen LogP contribution in [0.4, 0.5) is 5.69 Å². The standard InChI is InChI=1S/C24H22N2O2/c1-24(2)20-7-5-4-6-17(20)18-10-8-16(13-21(18)24)15-9-11-22(26-14-27)19(12-15)23(28)25-3/h4-14H,1-3H3,(H,25,28)(H,26,27). The van der Waals surface area contributed by atoms with Crippen LogP contribution in [0.15, 0.2) is 60.7 Å². The number of carbonyl (C=O) groups is 2. The highest BCUT2D eigenvalue weighted by atomic mass is 16.1. The summed E-state index contributed by atoms with van der Waals surface area (Å²) in [5, 5.41) is 5.23. The van der Waals surface area contributed by atoms with Crippen LogP contribution in [0.25, 0.3) is 22.3 Å². The largest absolute Gasteiger partial charge is 0.355 e. The molecule has 2 N–H and O–H groups in total. The Bertz CT molecular complexity index is 1100. The highest BCUT2D eigenvalue weighted by Crippen LogP contribution is 2.49. The van der Waals surface area contributed by atoms with Crippen LogP contribution in [0.3, 0.4) is 0 Å². The van der Waals surface area contributed by atoms with E-state index in [9.17, 15) is 9.59 Å². The predicted octanol–water partition coefficient (Wildman–Crippen LogP) is 4.59. The average molecular weight is 370 g/mol. The molecule has 2 amide bonds. The molecule has 0 fully saturated rings. The first-order valence-corrected chi connectivity index (χ1v) is 9.28. The quantitative estimate of drug-likeness (QED) is 0.660. The van der Waals surface area contributed by atoms with Crippen molar-refractivity contribution in [2.75, 3.05) is 12.4 Å². The summed E-state index contributed by atoms with van der Waals surface area (Å²) in [6.45, 7) is 4.49. The Labute approximate surface area is 164 Å². The fourth-order valence-corrected chi connectivity index (χ4v) is 4.12. The maximum absolute atomic E-state index is 12.3. The first-order valence-electron chi connectivity index (χ1n) is 9.28. The van der Waals surface area contributed by atoms with E-state index in [4.69, 9.17) is 0 Å². The molecule has 28 heavy (non-hydrogen) atoms. The summed E-state index contributed by atoms with van der Waals surface area (Å²) in [5.41, 5.74) is 7.99. The third-order valence-electron chi connectivity index (χ3n) is 5.62. The summed E-state index contributed by atoms with van der Waals surface area (Å²) in [6.07, 6.45) is 0.580. The number of rotatable bonds is 4. The molecule has 3 aromatic rings. The predicted molar refractivity (Wildman–Crippen MR) is 113 cm³/mol. The third-order valence-corrected chi connectivity index (χ3v) is 5.62. The van der Waals surface area contributed by atoms with Crippen molar-refractivity contribution in [1.29, 1.82) is 0 Å². The maximum Gasteiger partial charge on any atom is 0.253 e. The van der Waals surface area contributed by atoms with Gasteiger partial charge in [-0.1, -0.05) is 56.3 Å². The highest BCUT2D eigenvalue weighted by Gasteiger charge is 2.35. The number of hydrogen-bond donors (Lipinski definition) is 2. The molecule has 0 saturated heterocycles. The van der Waals surface area contributed by atoms with Crippen LogP contribution in [0.5, 0.6) is 0 Å². The zero-order valence-electron chi connectivity index (χ0n) is 16.2. The van der Waals surface area contributed by atoms with Crippen LogP contribution in [0.1, 0.15) is 35.3 Å². The van der Waals surface area contributed by atoms with Gasteiger partial charge in [-0.2, -0.15) is 0 Å². The molecule has 0 spiro atoms. The molecule has 3 aromatic carbocycles. The molecule has 4 heteroatoms. The number of fused-ring (bicyclic) bond motifs is 3. The molecule has 4 nitrogen and oxygen atoms in total. The third kappa shape index (κ3) is 2.69. The molecule has 4 rings (SSSR count). The van der Waals surface area contributed by atoms with Gasteiger partial charge in [-0.05, 0) is 51.6 Å². The van der Waals surface area contributed by atoms with Crippen LogP contribution in [0, 0.1) is 0 Å². The van der Waals surface area contributed by atoms with Gasteiger partial charge in [-0.15, -0.1) is 0 Å². The van der Waals surface area contributed by atoms with Crippen LogP contribution in [-0.2, 0) is 10.2 Å². The Balaban J connectivity index is 1.84. The van der Waals surface area contributed by atoms with Crippen molar-refractivity contribution in [3.8, 4) is 22.3 Å². The molecule has 140 valence electrons. The van der Waals surface area contributed by atoms with Gasteiger partial charge in [0.2, 0.25) is 6.41 Å². The molecule has 0 heterocycles. The highest BCUT2D eigenvalue weighted by molar-refractivity contribution is 6.02. The van der Waals surface area contributed by atoms with Gasteiger partial charge in [0.05, 0.1) is 11.3 Å². The minimum Gasteiger partial charge on any atom is -0.355 e. The Morgan fingerprint density at radius 2 is 1.57 bits per heavy atom. The van der Waals surface area contributed by atoms with Gasteiger partial charge in [-0.25, -0.2) is 0 Å². The van der Waals surface area contributed by atoms with E-state index in [1.54, 1.807) is 13.1 Å². The van der Waals surface area contributed by atoms with E-state index in [-0.39, 0.29) is 11.3 Å². The molecule has 0 bridgehead atoms. The van der Waals surface area contributed by atoms with Crippen molar-refractivity contribution in [3.63, 3.8) is 0 Å². The molecule has 0 radical (unpaired) electrons. The van der Waals surface area contributed by atoms with Gasteiger partial charge < -0.3 is 10.6 Å². The Morgan fingerprint density at radius 1 is 0.893 bits per heavy atom. The minimum absolute atomic E-state index is 0.0788. The van der Waals surface area contributed by atoms with Crippen LogP contribution in [0.2, 0.25) is 0 Å². The van der Waals surface area contributed by atoms with Gasteiger partial charge in [0.1, 0.15) is 0 Å². The molecular weight excluding hydrogens is 348 g/mol. The molecule has 0 aromatic heterocycles. The average Bonchev–Trinajstić information content (AvgIpc) is 2.95. The molecule has 0 atom stereocenters. The second-order valence-corrected chi connectivity index (χ2v) is 7.53. The monoisotopic (exact) mass is 370 g/mol. The molecule has 0 unspecified atom stereocenters. The lowest BCUT2D eigenvalue weighted by Crippen LogP contribution is -2.19. The van der Waals surface area contributed by atoms with Crippen molar-refractivity contribution in [1.82, 2.24) is 5.32 Å². The zero-order valence-corrected chi connectivity index (χ0v) is 16.2. The van der Waals surface area contributed by atoms with Gasteiger partial charge in [0, 0.05) is 12.5 Å². The lowest BCUT2D eigenvalue weighted by Gasteiger charge is -2.22. The van der Waals surface area contributed by atoms with Crippen molar-refractivity contribution in [2.24, 2.45) is 0 Å². The number of amides is 2. The number of hydrogen-bond acceptors (Lipinski definition) is 2. The fraction of sp³-hybridized carbons (Fsp3) is 0.167. The van der Waals surface area contributed by atoms with Crippen LogP contribution in [-0.4, -0.2) is 19.4 Å².